The monoisotopic (exact) mass is 113 g/mol. The number of ketones is 1. The summed E-state index contributed by atoms with van der Waals surface area (Å²) in [5.41, 5.74) is 5.27. The van der Waals surface area contributed by atoms with Crippen molar-refractivity contribution in [3.63, 3.8) is 0 Å². The zero-order chi connectivity index (χ0) is 5.98. The molecule has 0 aliphatic heterocycles. The van der Waals surface area contributed by atoms with Gasteiger partial charge in [0.25, 0.3) is 0 Å². The second-order valence-corrected chi connectivity index (χ2v) is 2.39. The molecule has 1 aliphatic carbocycles. The SMILES string of the molecule is NCCC1CC(=O)C1. The van der Waals surface area contributed by atoms with Crippen molar-refractivity contribution in [2.24, 2.45) is 11.7 Å². The first kappa shape index (κ1) is 5.76. The second-order valence-electron chi connectivity index (χ2n) is 2.39. The van der Waals surface area contributed by atoms with Gasteiger partial charge < -0.3 is 5.73 Å². The number of hydrogen-bond acceptors (Lipinski definition) is 2. The first-order chi connectivity index (χ1) is 3.83. The summed E-state index contributed by atoms with van der Waals surface area (Å²) in [5, 5.41) is 0. The van der Waals surface area contributed by atoms with E-state index in [0.717, 1.165) is 25.8 Å². The van der Waals surface area contributed by atoms with Gasteiger partial charge in [0.1, 0.15) is 5.78 Å². The Labute approximate surface area is 49.1 Å². The minimum Gasteiger partial charge on any atom is -0.330 e. The molecular weight excluding hydrogens is 102 g/mol. The summed E-state index contributed by atoms with van der Waals surface area (Å²) in [7, 11) is 0. The molecule has 0 spiro atoms. The van der Waals surface area contributed by atoms with Crippen LogP contribution in [0.15, 0.2) is 0 Å². The van der Waals surface area contributed by atoms with Gasteiger partial charge in [-0.3, -0.25) is 4.79 Å². The molecule has 0 atom stereocenters. The molecule has 0 amide bonds. The molecule has 0 heterocycles. The van der Waals surface area contributed by atoms with Crippen molar-refractivity contribution in [1.82, 2.24) is 0 Å². The molecule has 1 saturated carbocycles. The Kier molecular flexibility index (Phi) is 1.63. The lowest BCUT2D eigenvalue weighted by atomic mass is 9.82. The molecule has 2 heteroatoms. The highest BCUT2D eigenvalue weighted by molar-refractivity contribution is 5.84. The van der Waals surface area contributed by atoms with Crippen LogP contribution in [-0.4, -0.2) is 12.3 Å². The summed E-state index contributed by atoms with van der Waals surface area (Å²) in [6, 6.07) is 0. The highest BCUT2D eigenvalue weighted by Gasteiger charge is 2.24. The molecule has 8 heavy (non-hydrogen) atoms. The predicted molar refractivity (Wildman–Crippen MR) is 31.4 cm³/mol. The highest BCUT2D eigenvalue weighted by atomic mass is 16.1. The quantitative estimate of drug-likeness (QED) is 0.560. The molecule has 2 N–H and O–H groups in total. The van der Waals surface area contributed by atoms with Crippen LogP contribution in [0.3, 0.4) is 0 Å². The standard InChI is InChI=1S/C6H11NO/c7-2-1-5-3-6(8)4-5/h5H,1-4,7H2. The van der Waals surface area contributed by atoms with Crippen LogP contribution in [0.2, 0.25) is 0 Å². The zero-order valence-corrected chi connectivity index (χ0v) is 4.89. The van der Waals surface area contributed by atoms with E-state index in [0.29, 0.717) is 11.7 Å². The van der Waals surface area contributed by atoms with Gasteiger partial charge >= 0.3 is 0 Å². The van der Waals surface area contributed by atoms with E-state index in [1.165, 1.54) is 0 Å². The lowest BCUT2D eigenvalue weighted by molar-refractivity contribution is -0.126. The minimum absolute atomic E-state index is 0.406. The zero-order valence-electron chi connectivity index (χ0n) is 4.89. The maximum absolute atomic E-state index is 10.3. The summed E-state index contributed by atoms with van der Waals surface area (Å²) in [6.45, 7) is 0.734. The van der Waals surface area contributed by atoms with Gasteiger partial charge in [0.05, 0.1) is 0 Å². The molecule has 0 aromatic carbocycles. The highest BCUT2D eigenvalue weighted by Crippen LogP contribution is 2.24. The van der Waals surface area contributed by atoms with Gasteiger partial charge in [0.15, 0.2) is 0 Å². The molecule has 1 aliphatic rings. The maximum Gasteiger partial charge on any atom is 0.133 e. The van der Waals surface area contributed by atoms with Crippen LogP contribution in [0.5, 0.6) is 0 Å². The van der Waals surface area contributed by atoms with Crippen molar-refractivity contribution >= 4 is 5.78 Å². The third-order valence-corrected chi connectivity index (χ3v) is 1.61. The van der Waals surface area contributed by atoms with Crippen LogP contribution in [-0.2, 0) is 4.79 Å². The summed E-state index contributed by atoms with van der Waals surface area (Å²) >= 11 is 0. The number of hydrogen-bond donors (Lipinski definition) is 1. The van der Waals surface area contributed by atoms with Crippen molar-refractivity contribution in [3.05, 3.63) is 0 Å². The lowest BCUT2D eigenvalue weighted by Crippen LogP contribution is -2.25. The lowest BCUT2D eigenvalue weighted by Gasteiger charge is -2.22. The molecule has 0 saturated heterocycles. The Bertz CT molecular complexity index is 92.7. The Morgan fingerprint density at radius 3 is 2.62 bits per heavy atom. The predicted octanol–water partition coefficient (Wildman–Crippen LogP) is 0.314. The Balaban J connectivity index is 2.06. The normalized spacial score (nSPS) is 20.9. The number of nitrogens with two attached hydrogens (primary N) is 1. The first-order valence-corrected chi connectivity index (χ1v) is 3.04. The van der Waals surface area contributed by atoms with Gasteiger partial charge in [0.2, 0.25) is 0 Å². The van der Waals surface area contributed by atoms with Gasteiger partial charge in [-0.25, -0.2) is 0 Å². The van der Waals surface area contributed by atoms with E-state index < -0.39 is 0 Å². The fraction of sp³-hybridized carbons (Fsp3) is 0.833. The van der Waals surface area contributed by atoms with Gasteiger partial charge in [-0.2, -0.15) is 0 Å². The van der Waals surface area contributed by atoms with Crippen molar-refractivity contribution in [3.8, 4) is 0 Å². The van der Waals surface area contributed by atoms with Gasteiger partial charge in [0, 0.05) is 12.8 Å². The Hall–Kier alpha value is -0.370. The van der Waals surface area contributed by atoms with Crippen LogP contribution in [0, 0.1) is 5.92 Å². The molecule has 1 rings (SSSR count). The summed E-state index contributed by atoms with van der Waals surface area (Å²) in [6.07, 6.45) is 2.61. The summed E-state index contributed by atoms with van der Waals surface area (Å²) in [4.78, 5) is 10.3. The van der Waals surface area contributed by atoms with Crippen LogP contribution >= 0.6 is 0 Å². The van der Waals surface area contributed by atoms with Crippen molar-refractivity contribution < 1.29 is 4.79 Å². The van der Waals surface area contributed by atoms with Crippen LogP contribution < -0.4 is 5.73 Å². The van der Waals surface area contributed by atoms with E-state index in [-0.39, 0.29) is 0 Å². The molecule has 0 radical (unpaired) electrons. The van der Waals surface area contributed by atoms with Gasteiger partial charge in [-0.1, -0.05) is 0 Å². The third-order valence-electron chi connectivity index (χ3n) is 1.61. The van der Waals surface area contributed by atoms with E-state index in [1.807, 2.05) is 0 Å². The van der Waals surface area contributed by atoms with Gasteiger partial charge in [-0.05, 0) is 18.9 Å². The molecule has 0 bridgehead atoms. The average Bonchev–Trinajstić information content (AvgIpc) is 1.64. The van der Waals surface area contributed by atoms with Crippen molar-refractivity contribution in [2.75, 3.05) is 6.54 Å². The number of carbonyl (C=O) groups excluding carboxylic acids is 1. The number of rotatable bonds is 2. The largest absolute Gasteiger partial charge is 0.330 e. The Morgan fingerprint density at radius 2 is 2.25 bits per heavy atom. The number of Topliss-reactive ketones (excluding diaryl/α,β-unsaturated/α-hetero) is 1. The molecule has 46 valence electrons. The first-order valence-electron chi connectivity index (χ1n) is 3.04. The summed E-state index contributed by atoms with van der Waals surface area (Å²) in [5.74, 6) is 1.04. The molecule has 1 fully saturated rings. The van der Waals surface area contributed by atoms with Crippen LogP contribution in [0.4, 0.5) is 0 Å². The van der Waals surface area contributed by atoms with Crippen LogP contribution in [0.1, 0.15) is 19.3 Å². The Morgan fingerprint density at radius 1 is 1.62 bits per heavy atom. The molecule has 2 nitrogen and oxygen atoms in total. The van der Waals surface area contributed by atoms with Crippen LogP contribution in [0.25, 0.3) is 0 Å². The smallest absolute Gasteiger partial charge is 0.133 e. The topological polar surface area (TPSA) is 43.1 Å². The fourth-order valence-electron chi connectivity index (χ4n) is 1.02. The van der Waals surface area contributed by atoms with E-state index in [9.17, 15) is 4.79 Å². The van der Waals surface area contributed by atoms with E-state index in [2.05, 4.69) is 0 Å². The van der Waals surface area contributed by atoms with E-state index >= 15 is 0 Å². The van der Waals surface area contributed by atoms with E-state index in [1.54, 1.807) is 0 Å². The van der Waals surface area contributed by atoms with Gasteiger partial charge in [-0.15, -0.1) is 0 Å². The molecule has 0 unspecified atom stereocenters. The van der Waals surface area contributed by atoms with E-state index in [4.69, 9.17) is 5.73 Å². The van der Waals surface area contributed by atoms with Crippen molar-refractivity contribution in [1.29, 1.82) is 0 Å². The van der Waals surface area contributed by atoms with Crippen molar-refractivity contribution in [2.45, 2.75) is 19.3 Å². The molecule has 0 aromatic rings. The maximum atomic E-state index is 10.3. The second kappa shape index (κ2) is 2.27. The molecule has 0 aromatic heterocycles. The third kappa shape index (κ3) is 1.07. The fourth-order valence-corrected chi connectivity index (χ4v) is 1.02. The number of carbonyl (C=O) groups is 1. The average molecular weight is 113 g/mol. The molecular formula is C6H11NO. The summed E-state index contributed by atoms with van der Waals surface area (Å²) < 4.78 is 0. The minimum atomic E-state index is 0.406.